The van der Waals surface area contributed by atoms with Crippen molar-refractivity contribution in [3.63, 3.8) is 0 Å². The number of nitrogens with zero attached hydrogens (tertiary/aromatic N) is 2. The molecule has 0 N–H and O–H groups in total. The summed E-state index contributed by atoms with van der Waals surface area (Å²) < 4.78 is 0. The summed E-state index contributed by atoms with van der Waals surface area (Å²) in [6.45, 7) is 4.27. The molecule has 2 nitrogen and oxygen atoms in total. The molecule has 7 aromatic carbocycles. The number of aryl methyl sites for hydroxylation is 2. The van der Waals surface area contributed by atoms with E-state index in [-0.39, 0.29) is 0 Å². The second-order valence-electron chi connectivity index (χ2n) is 12.5. The molecule has 0 aliphatic heterocycles. The maximum atomic E-state index is 2.30. The van der Waals surface area contributed by atoms with Crippen molar-refractivity contribution in [1.29, 1.82) is 0 Å². The quantitative estimate of drug-likeness (QED) is 0.137. The molecule has 0 aliphatic carbocycles. The summed E-state index contributed by atoms with van der Waals surface area (Å²) in [5, 5.41) is 0. The summed E-state index contributed by atoms with van der Waals surface area (Å²) in [6.07, 6.45) is 8.68. The Balaban J connectivity index is 1.02. The highest BCUT2D eigenvalue weighted by Crippen LogP contribution is 2.36. The van der Waals surface area contributed by atoms with Gasteiger partial charge in [-0.3, -0.25) is 0 Å². The minimum Gasteiger partial charge on any atom is -0.310 e. The van der Waals surface area contributed by atoms with Gasteiger partial charge >= 0.3 is 0 Å². The number of benzene rings is 7. The first-order chi connectivity index (χ1) is 24.6. The monoisotopic (exact) mass is 644 g/mol. The smallest absolute Gasteiger partial charge is 0.0464 e. The van der Waals surface area contributed by atoms with Gasteiger partial charge in [-0.05, 0) is 120 Å². The van der Waals surface area contributed by atoms with E-state index in [1.165, 1.54) is 22.3 Å². The predicted octanol–water partition coefficient (Wildman–Crippen LogP) is 13.6. The van der Waals surface area contributed by atoms with Crippen LogP contribution in [0, 0.1) is 13.8 Å². The molecule has 0 amide bonds. The van der Waals surface area contributed by atoms with Gasteiger partial charge in [0.1, 0.15) is 0 Å². The third-order valence-electron chi connectivity index (χ3n) is 8.72. The van der Waals surface area contributed by atoms with Crippen LogP contribution in [0.5, 0.6) is 0 Å². The molecule has 0 unspecified atom stereocenters. The van der Waals surface area contributed by atoms with E-state index in [0.717, 1.165) is 45.3 Å². The topological polar surface area (TPSA) is 6.48 Å². The molecular formula is C48H40N2. The molecule has 0 saturated carbocycles. The summed E-state index contributed by atoms with van der Waals surface area (Å²) in [5.74, 6) is 0. The van der Waals surface area contributed by atoms with E-state index in [2.05, 4.69) is 230 Å². The number of rotatable bonds is 10. The molecule has 0 spiro atoms. The van der Waals surface area contributed by atoms with Gasteiger partial charge in [0.25, 0.3) is 0 Å². The molecule has 0 fully saturated rings. The zero-order valence-corrected chi connectivity index (χ0v) is 28.5. The maximum absolute atomic E-state index is 2.30. The highest BCUT2D eigenvalue weighted by Gasteiger charge is 2.13. The van der Waals surface area contributed by atoms with Crippen molar-refractivity contribution in [3.8, 4) is 0 Å². The zero-order chi connectivity index (χ0) is 34.1. The fraction of sp³-hybridized carbons (Fsp3) is 0.0417. The van der Waals surface area contributed by atoms with Gasteiger partial charge in [-0.25, -0.2) is 0 Å². The summed E-state index contributed by atoms with van der Waals surface area (Å²) in [4.78, 5) is 4.60. The van der Waals surface area contributed by atoms with Crippen LogP contribution in [0.1, 0.15) is 33.4 Å². The van der Waals surface area contributed by atoms with E-state index >= 15 is 0 Å². The Labute approximate surface area is 296 Å². The molecule has 242 valence electrons. The highest BCUT2D eigenvalue weighted by molar-refractivity contribution is 5.80. The Morgan fingerprint density at radius 2 is 0.560 bits per heavy atom. The number of anilines is 6. The maximum Gasteiger partial charge on any atom is 0.0464 e. The summed E-state index contributed by atoms with van der Waals surface area (Å²) >= 11 is 0. The van der Waals surface area contributed by atoms with E-state index < -0.39 is 0 Å². The fourth-order valence-corrected chi connectivity index (χ4v) is 6.15. The van der Waals surface area contributed by atoms with Gasteiger partial charge in [0.2, 0.25) is 0 Å². The van der Waals surface area contributed by atoms with Crippen molar-refractivity contribution < 1.29 is 0 Å². The molecule has 0 aliphatic rings. The van der Waals surface area contributed by atoms with E-state index in [0.29, 0.717) is 0 Å². The first kappa shape index (κ1) is 32.2. The number of hydrogen-bond donors (Lipinski definition) is 0. The molecular weight excluding hydrogens is 605 g/mol. The second kappa shape index (κ2) is 15.2. The molecule has 0 saturated heterocycles. The van der Waals surface area contributed by atoms with E-state index in [1.54, 1.807) is 0 Å². The average Bonchev–Trinajstić information content (AvgIpc) is 3.16. The van der Waals surface area contributed by atoms with Crippen LogP contribution in [0.25, 0.3) is 24.3 Å². The van der Waals surface area contributed by atoms with Gasteiger partial charge in [0, 0.05) is 34.1 Å². The lowest BCUT2D eigenvalue weighted by Gasteiger charge is -2.25. The normalized spacial score (nSPS) is 11.2. The molecule has 50 heavy (non-hydrogen) atoms. The first-order valence-corrected chi connectivity index (χ1v) is 17.1. The van der Waals surface area contributed by atoms with Crippen LogP contribution in [-0.4, -0.2) is 0 Å². The van der Waals surface area contributed by atoms with Crippen molar-refractivity contribution in [1.82, 2.24) is 0 Å². The van der Waals surface area contributed by atoms with Crippen LogP contribution in [-0.2, 0) is 0 Å². The Kier molecular flexibility index (Phi) is 9.80. The largest absolute Gasteiger partial charge is 0.310 e. The molecule has 7 aromatic rings. The van der Waals surface area contributed by atoms with Crippen molar-refractivity contribution in [2.45, 2.75) is 13.8 Å². The van der Waals surface area contributed by atoms with Crippen LogP contribution in [0.15, 0.2) is 182 Å². The van der Waals surface area contributed by atoms with Gasteiger partial charge in [-0.2, -0.15) is 0 Å². The van der Waals surface area contributed by atoms with Gasteiger partial charge in [-0.1, -0.05) is 133 Å². The molecule has 0 atom stereocenters. The molecule has 2 heteroatoms. The first-order valence-electron chi connectivity index (χ1n) is 17.1. The SMILES string of the molecule is Cc1cccc(N(c2ccccc2)c2ccc(C=Cc3ccc(C=Cc4ccc(N(c5ccccc5)c5cccc(C)c5)cc4)cc3)cc2)c1. The van der Waals surface area contributed by atoms with Gasteiger partial charge in [0.15, 0.2) is 0 Å². The molecule has 7 rings (SSSR count). The third-order valence-corrected chi connectivity index (χ3v) is 8.72. The zero-order valence-electron chi connectivity index (χ0n) is 28.5. The van der Waals surface area contributed by atoms with Crippen LogP contribution >= 0.6 is 0 Å². The average molecular weight is 645 g/mol. The standard InChI is InChI=1S/C48H40N2/c1-37-11-9-17-47(35-37)49(43-13-5-3-6-14-43)45-31-27-41(28-32-45)25-23-39-19-21-40(22-20-39)24-26-42-29-33-46(34-30-42)50(44-15-7-4-8-16-44)48-18-10-12-38(2)36-48/h3-36H,1-2H3. The van der Waals surface area contributed by atoms with Crippen LogP contribution in [0.2, 0.25) is 0 Å². The van der Waals surface area contributed by atoms with Crippen LogP contribution in [0.3, 0.4) is 0 Å². The predicted molar refractivity (Wildman–Crippen MR) is 216 cm³/mol. The second-order valence-corrected chi connectivity index (χ2v) is 12.5. The summed E-state index contributed by atoms with van der Waals surface area (Å²) in [5.41, 5.74) is 14.0. The van der Waals surface area contributed by atoms with Crippen LogP contribution in [0.4, 0.5) is 34.1 Å². The minimum atomic E-state index is 1.13. The lowest BCUT2D eigenvalue weighted by atomic mass is 10.1. The lowest BCUT2D eigenvalue weighted by molar-refractivity contribution is 1.27. The van der Waals surface area contributed by atoms with E-state index in [9.17, 15) is 0 Å². The highest BCUT2D eigenvalue weighted by atomic mass is 15.1. The molecule has 0 radical (unpaired) electrons. The van der Waals surface area contributed by atoms with E-state index in [4.69, 9.17) is 0 Å². The van der Waals surface area contributed by atoms with Crippen molar-refractivity contribution >= 4 is 58.4 Å². The fourth-order valence-electron chi connectivity index (χ4n) is 6.15. The third kappa shape index (κ3) is 7.84. The van der Waals surface area contributed by atoms with E-state index in [1.807, 2.05) is 0 Å². The Morgan fingerprint density at radius 3 is 0.880 bits per heavy atom. The number of hydrogen-bond acceptors (Lipinski definition) is 2. The Bertz CT molecular complexity index is 2040. The Morgan fingerprint density at radius 1 is 0.280 bits per heavy atom. The van der Waals surface area contributed by atoms with Crippen LogP contribution < -0.4 is 9.80 Å². The Hall–Kier alpha value is -6.38. The van der Waals surface area contributed by atoms with Crippen molar-refractivity contribution in [2.75, 3.05) is 9.80 Å². The van der Waals surface area contributed by atoms with Crippen molar-refractivity contribution in [3.05, 3.63) is 215 Å². The summed E-state index contributed by atoms with van der Waals surface area (Å²) in [6, 6.07) is 64.5. The van der Waals surface area contributed by atoms with Gasteiger partial charge < -0.3 is 9.80 Å². The van der Waals surface area contributed by atoms with Gasteiger partial charge in [-0.15, -0.1) is 0 Å². The molecule has 0 heterocycles. The summed E-state index contributed by atoms with van der Waals surface area (Å²) in [7, 11) is 0. The van der Waals surface area contributed by atoms with Crippen molar-refractivity contribution in [2.24, 2.45) is 0 Å². The minimum absolute atomic E-state index is 1.13. The number of para-hydroxylation sites is 2. The van der Waals surface area contributed by atoms with Gasteiger partial charge in [0.05, 0.1) is 0 Å². The lowest BCUT2D eigenvalue weighted by Crippen LogP contribution is -2.09. The molecule has 0 aromatic heterocycles. The molecule has 0 bridgehead atoms.